The minimum atomic E-state index is -0.107. The second-order valence-electron chi connectivity index (χ2n) is 6.88. The van der Waals surface area contributed by atoms with Gasteiger partial charge in [0.1, 0.15) is 5.75 Å². The Morgan fingerprint density at radius 1 is 1.17 bits per heavy atom. The van der Waals surface area contributed by atoms with E-state index in [-0.39, 0.29) is 23.7 Å². The third-order valence-corrected chi connectivity index (χ3v) is 4.87. The number of rotatable bonds is 6. The van der Waals surface area contributed by atoms with Gasteiger partial charge in [-0.3, -0.25) is 9.59 Å². The number of amides is 1. The molecule has 23 heavy (non-hydrogen) atoms. The van der Waals surface area contributed by atoms with E-state index in [1.54, 1.807) is 0 Å². The van der Waals surface area contributed by atoms with Crippen molar-refractivity contribution < 1.29 is 14.3 Å². The van der Waals surface area contributed by atoms with E-state index in [1.807, 2.05) is 18.2 Å². The number of hydrogen-bond acceptors (Lipinski definition) is 4. The number of benzene rings is 1. The number of fused-ring (bicyclic) bond motifs is 1. The van der Waals surface area contributed by atoms with Crippen LogP contribution in [0.1, 0.15) is 43.6 Å². The van der Waals surface area contributed by atoms with E-state index in [9.17, 15) is 9.59 Å². The van der Waals surface area contributed by atoms with Gasteiger partial charge >= 0.3 is 5.97 Å². The monoisotopic (exact) mass is 314 g/mol. The van der Waals surface area contributed by atoms with Crippen molar-refractivity contribution in [3.05, 3.63) is 23.8 Å². The Kier molecular flexibility index (Phi) is 3.71. The highest BCUT2D eigenvalue weighted by atomic mass is 16.5. The smallest absolute Gasteiger partial charge is 0.314 e. The molecule has 1 aliphatic heterocycles. The Balaban J connectivity index is 1.36. The maximum Gasteiger partial charge on any atom is 0.314 e. The molecule has 0 radical (unpaired) electrons. The predicted octanol–water partition coefficient (Wildman–Crippen LogP) is 2.43. The van der Waals surface area contributed by atoms with Gasteiger partial charge < -0.3 is 15.4 Å². The molecule has 5 heteroatoms. The Morgan fingerprint density at radius 3 is 2.70 bits per heavy atom. The Morgan fingerprint density at radius 2 is 1.96 bits per heavy atom. The van der Waals surface area contributed by atoms with E-state index in [4.69, 9.17) is 4.74 Å². The maximum atomic E-state index is 11.8. The molecule has 1 unspecified atom stereocenters. The predicted molar refractivity (Wildman–Crippen MR) is 86.4 cm³/mol. The molecule has 0 spiro atoms. The van der Waals surface area contributed by atoms with Crippen LogP contribution in [0.4, 0.5) is 5.69 Å². The van der Waals surface area contributed by atoms with Gasteiger partial charge in [0.15, 0.2) is 0 Å². The molecule has 3 aliphatic rings. The second-order valence-corrected chi connectivity index (χ2v) is 6.88. The van der Waals surface area contributed by atoms with Gasteiger partial charge in [-0.1, -0.05) is 0 Å². The minimum absolute atomic E-state index is 0.106. The van der Waals surface area contributed by atoms with Crippen LogP contribution >= 0.6 is 0 Å². The van der Waals surface area contributed by atoms with Crippen LogP contribution < -0.4 is 15.4 Å². The van der Waals surface area contributed by atoms with Gasteiger partial charge in [0, 0.05) is 30.6 Å². The van der Waals surface area contributed by atoms with Crippen LogP contribution in [0.15, 0.2) is 18.2 Å². The van der Waals surface area contributed by atoms with Crippen LogP contribution in [0.2, 0.25) is 0 Å². The van der Waals surface area contributed by atoms with Crippen molar-refractivity contribution in [1.82, 2.24) is 5.32 Å². The molecule has 2 aliphatic carbocycles. The zero-order chi connectivity index (χ0) is 15.8. The highest BCUT2D eigenvalue weighted by Gasteiger charge is 2.32. The van der Waals surface area contributed by atoms with Crippen LogP contribution in [0.25, 0.3) is 0 Å². The van der Waals surface area contributed by atoms with E-state index < -0.39 is 0 Å². The first-order chi connectivity index (χ1) is 11.2. The number of esters is 1. The number of carbonyl (C=O) groups is 2. The summed E-state index contributed by atoms with van der Waals surface area (Å²) in [4.78, 5) is 23.5. The fourth-order valence-corrected chi connectivity index (χ4v) is 3.08. The highest BCUT2D eigenvalue weighted by Crippen LogP contribution is 2.37. The SMILES string of the molecule is O=C(NCCC1CNc2ccc(OC(=O)C3CC3)cc21)C1CC1. The fraction of sp³-hybridized carbons (Fsp3) is 0.556. The first kappa shape index (κ1) is 14.5. The summed E-state index contributed by atoms with van der Waals surface area (Å²) in [6.45, 7) is 1.57. The van der Waals surface area contributed by atoms with E-state index in [2.05, 4.69) is 10.6 Å². The van der Waals surface area contributed by atoms with Crippen molar-refractivity contribution in [2.24, 2.45) is 11.8 Å². The summed E-state index contributed by atoms with van der Waals surface area (Å²) in [6.07, 6.45) is 4.88. The molecule has 2 saturated carbocycles. The van der Waals surface area contributed by atoms with Gasteiger partial charge in [0.05, 0.1) is 5.92 Å². The molecular formula is C18H22N2O3. The van der Waals surface area contributed by atoms with Crippen LogP contribution in [0.5, 0.6) is 5.75 Å². The number of hydrogen-bond donors (Lipinski definition) is 2. The van der Waals surface area contributed by atoms with Crippen molar-refractivity contribution in [2.75, 3.05) is 18.4 Å². The van der Waals surface area contributed by atoms with Crippen LogP contribution in [-0.4, -0.2) is 25.0 Å². The zero-order valence-electron chi connectivity index (χ0n) is 13.1. The maximum absolute atomic E-state index is 11.8. The molecule has 1 atom stereocenters. The van der Waals surface area contributed by atoms with Gasteiger partial charge in [0.25, 0.3) is 0 Å². The van der Waals surface area contributed by atoms with Crippen LogP contribution in [0, 0.1) is 11.8 Å². The first-order valence-electron chi connectivity index (χ1n) is 8.58. The molecule has 1 aromatic carbocycles. The molecule has 2 N–H and O–H groups in total. The Labute approximate surface area is 135 Å². The first-order valence-corrected chi connectivity index (χ1v) is 8.58. The minimum Gasteiger partial charge on any atom is -0.426 e. The standard InChI is InChI=1S/C18H22N2O3/c21-17(11-1-2-11)19-8-7-13-10-20-16-6-5-14(9-15(13)16)23-18(22)12-3-4-12/h5-6,9,11-13,20H,1-4,7-8,10H2,(H,19,21). The third kappa shape index (κ3) is 3.33. The number of nitrogens with one attached hydrogen (secondary N) is 2. The lowest BCUT2D eigenvalue weighted by Crippen LogP contribution is -2.27. The number of ether oxygens (including phenoxy) is 1. The highest BCUT2D eigenvalue weighted by molar-refractivity contribution is 5.80. The van der Waals surface area contributed by atoms with E-state index in [1.165, 1.54) is 5.56 Å². The Bertz CT molecular complexity index is 635. The van der Waals surface area contributed by atoms with Crippen LogP contribution in [0.3, 0.4) is 0 Å². The van der Waals surface area contributed by atoms with Crippen molar-refractivity contribution in [3.63, 3.8) is 0 Å². The molecule has 4 rings (SSSR count). The molecular weight excluding hydrogens is 292 g/mol. The van der Waals surface area contributed by atoms with Crippen LogP contribution in [-0.2, 0) is 9.59 Å². The number of carbonyl (C=O) groups excluding carboxylic acids is 2. The Hall–Kier alpha value is -2.04. The van der Waals surface area contributed by atoms with Crippen molar-refractivity contribution in [2.45, 2.75) is 38.0 Å². The summed E-state index contributed by atoms with van der Waals surface area (Å²) in [7, 11) is 0. The third-order valence-electron chi connectivity index (χ3n) is 4.87. The van der Waals surface area contributed by atoms with Gasteiger partial charge in [0.2, 0.25) is 5.91 Å². The van der Waals surface area contributed by atoms with E-state index in [0.717, 1.165) is 44.3 Å². The summed E-state index contributed by atoms with van der Waals surface area (Å²) < 4.78 is 5.46. The lowest BCUT2D eigenvalue weighted by molar-refractivity contribution is -0.135. The summed E-state index contributed by atoms with van der Waals surface area (Å²) in [5.41, 5.74) is 2.29. The molecule has 0 saturated heterocycles. The molecule has 1 amide bonds. The fourth-order valence-electron chi connectivity index (χ4n) is 3.08. The molecule has 122 valence electrons. The normalized spacial score (nSPS) is 22.2. The largest absolute Gasteiger partial charge is 0.426 e. The molecule has 1 heterocycles. The molecule has 2 fully saturated rings. The zero-order valence-corrected chi connectivity index (χ0v) is 13.1. The molecule has 0 aromatic heterocycles. The lowest BCUT2D eigenvalue weighted by atomic mass is 9.97. The molecule has 1 aromatic rings. The van der Waals surface area contributed by atoms with Crippen molar-refractivity contribution in [1.29, 1.82) is 0 Å². The topological polar surface area (TPSA) is 67.4 Å². The summed E-state index contributed by atoms with van der Waals surface area (Å²) >= 11 is 0. The molecule has 0 bridgehead atoms. The van der Waals surface area contributed by atoms with Gasteiger partial charge in [-0.2, -0.15) is 0 Å². The van der Waals surface area contributed by atoms with E-state index in [0.29, 0.717) is 18.2 Å². The average molecular weight is 314 g/mol. The number of anilines is 1. The lowest BCUT2D eigenvalue weighted by Gasteiger charge is -2.12. The summed E-state index contributed by atoms with van der Waals surface area (Å²) in [5, 5.41) is 6.41. The van der Waals surface area contributed by atoms with Crippen molar-refractivity contribution >= 4 is 17.6 Å². The van der Waals surface area contributed by atoms with Gasteiger partial charge in [-0.05, 0) is 55.9 Å². The van der Waals surface area contributed by atoms with Gasteiger partial charge in [-0.25, -0.2) is 0 Å². The summed E-state index contributed by atoms with van der Waals surface area (Å²) in [6, 6.07) is 5.81. The van der Waals surface area contributed by atoms with Crippen molar-refractivity contribution in [3.8, 4) is 5.75 Å². The summed E-state index contributed by atoms with van der Waals surface area (Å²) in [5.74, 6) is 1.44. The second kappa shape index (κ2) is 5.87. The van der Waals surface area contributed by atoms with E-state index >= 15 is 0 Å². The molecule has 5 nitrogen and oxygen atoms in total. The quantitative estimate of drug-likeness (QED) is 0.625. The van der Waals surface area contributed by atoms with Gasteiger partial charge in [-0.15, -0.1) is 0 Å². The average Bonchev–Trinajstić information content (AvgIpc) is 3.44.